The van der Waals surface area contributed by atoms with Crippen molar-refractivity contribution in [2.24, 2.45) is 11.7 Å². The third-order valence-electron chi connectivity index (χ3n) is 3.25. The summed E-state index contributed by atoms with van der Waals surface area (Å²) in [4.78, 5) is 10.8. The maximum Gasteiger partial charge on any atom is 0.404 e. The molecule has 1 rings (SSSR count). The monoisotopic (exact) mass is 229 g/mol. The van der Waals surface area contributed by atoms with Crippen LogP contribution in [0, 0.1) is 5.92 Å². The van der Waals surface area contributed by atoms with Gasteiger partial charge in [0.05, 0.1) is 6.10 Å². The quantitative estimate of drug-likeness (QED) is 0.761. The van der Waals surface area contributed by atoms with Crippen LogP contribution in [-0.2, 0) is 9.47 Å². The van der Waals surface area contributed by atoms with Crippen LogP contribution >= 0.6 is 0 Å². The van der Waals surface area contributed by atoms with Crippen LogP contribution in [-0.4, -0.2) is 24.9 Å². The van der Waals surface area contributed by atoms with Gasteiger partial charge in [-0.3, -0.25) is 0 Å². The molecule has 1 fully saturated rings. The summed E-state index contributed by atoms with van der Waals surface area (Å²) < 4.78 is 10.9. The van der Waals surface area contributed by atoms with Crippen molar-refractivity contribution in [1.82, 2.24) is 0 Å². The zero-order chi connectivity index (χ0) is 12.0. The molecule has 0 radical (unpaired) electrons. The molecular formula is C12H23NO3. The lowest BCUT2D eigenvalue weighted by Gasteiger charge is -2.25. The lowest BCUT2D eigenvalue weighted by Crippen LogP contribution is -2.33. The van der Waals surface area contributed by atoms with Crippen molar-refractivity contribution in [3.05, 3.63) is 0 Å². The van der Waals surface area contributed by atoms with E-state index < -0.39 is 6.09 Å². The van der Waals surface area contributed by atoms with E-state index in [1.807, 2.05) is 6.92 Å². The Morgan fingerprint density at radius 2 is 2.31 bits per heavy atom. The SMILES string of the molecule is CCCC[C@H]1OCC[C@H]1[C@H](CC)OC(N)=O. The Labute approximate surface area is 97.5 Å². The molecule has 0 aliphatic carbocycles. The lowest BCUT2D eigenvalue weighted by molar-refractivity contribution is 0.0158. The third-order valence-corrected chi connectivity index (χ3v) is 3.25. The van der Waals surface area contributed by atoms with Gasteiger partial charge in [-0.2, -0.15) is 0 Å². The Bertz CT molecular complexity index is 220. The van der Waals surface area contributed by atoms with Gasteiger partial charge < -0.3 is 15.2 Å². The van der Waals surface area contributed by atoms with Gasteiger partial charge in [-0.15, -0.1) is 0 Å². The summed E-state index contributed by atoms with van der Waals surface area (Å²) in [5.41, 5.74) is 5.08. The second-order valence-corrected chi connectivity index (χ2v) is 4.39. The van der Waals surface area contributed by atoms with Gasteiger partial charge in [0.2, 0.25) is 0 Å². The highest BCUT2D eigenvalue weighted by atomic mass is 16.6. The summed E-state index contributed by atoms with van der Waals surface area (Å²) >= 11 is 0. The second-order valence-electron chi connectivity index (χ2n) is 4.39. The van der Waals surface area contributed by atoms with Gasteiger partial charge in [0.25, 0.3) is 0 Å². The molecular weight excluding hydrogens is 206 g/mol. The molecule has 1 aliphatic rings. The number of ether oxygens (including phenoxy) is 2. The van der Waals surface area contributed by atoms with E-state index in [2.05, 4.69) is 6.92 Å². The summed E-state index contributed by atoms with van der Waals surface area (Å²) in [6.45, 7) is 4.96. The highest BCUT2D eigenvalue weighted by molar-refractivity contribution is 5.64. The lowest BCUT2D eigenvalue weighted by atomic mass is 9.90. The molecule has 0 bridgehead atoms. The normalized spacial score (nSPS) is 26.6. The largest absolute Gasteiger partial charge is 0.446 e. The van der Waals surface area contributed by atoms with Gasteiger partial charge in [0, 0.05) is 12.5 Å². The van der Waals surface area contributed by atoms with Crippen LogP contribution in [0.4, 0.5) is 4.79 Å². The van der Waals surface area contributed by atoms with Gasteiger partial charge in [-0.25, -0.2) is 4.79 Å². The predicted octanol–water partition coefficient (Wildman–Crippen LogP) is 2.46. The van der Waals surface area contributed by atoms with Crippen molar-refractivity contribution in [1.29, 1.82) is 0 Å². The van der Waals surface area contributed by atoms with Gasteiger partial charge >= 0.3 is 6.09 Å². The Morgan fingerprint density at radius 1 is 1.56 bits per heavy atom. The van der Waals surface area contributed by atoms with Crippen molar-refractivity contribution in [3.63, 3.8) is 0 Å². The van der Waals surface area contributed by atoms with E-state index in [0.717, 1.165) is 32.3 Å². The van der Waals surface area contributed by atoms with Crippen LogP contribution < -0.4 is 5.73 Å². The van der Waals surface area contributed by atoms with Crippen LogP contribution in [0.3, 0.4) is 0 Å². The number of hydrogen-bond acceptors (Lipinski definition) is 3. The molecule has 0 aromatic rings. The van der Waals surface area contributed by atoms with Gasteiger partial charge in [0.1, 0.15) is 6.10 Å². The molecule has 0 spiro atoms. The molecule has 1 saturated heterocycles. The number of carbonyl (C=O) groups excluding carboxylic acids is 1. The second kappa shape index (κ2) is 6.74. The number of unbranched alkanes of at least 4 members (excludes halogenated alkanes) is 1. The summed E-state index contributed by atoms with van der Waals surface area (Å²) in [5.74, 6) is 0.323. The minimum Gasteiger partial charge on any atom is -0.446 e. The van der Waals surface area contributed by atoms with Crippen molar-refractivity contribution in [2.75, 3.05) is 6.61 Å². The van der Waals surface area contributed by atoms with Crippen molar-refractivity contribution < 1.29 is 14.3 Å². The van der Waals surface area contributed by atoms with E-state index in [9.17, 15) is 4.79 Å². The molecule has 1 amide bonds. The molecule has 2 N–H and O–H groups in total. The highest BCUT2D eigenvalue weighted by Crippen LogP contribution is 2.30. The van der Waals surface area contributed by atoms with Crippen molar-refractivity contribution in [2.45, 2.75) is 58.2 Å². The molecule has 0 saturated carbocycles. The number of amides is 1. The van der Waals surface area contributed by atoms with Crippen molar-refractivity contribution in [3.8, 4) is 0 Å². The molecule has 3 atom stereocenters. The first kappa shape index (κ1) is 13.3. The molecule has 94 valence electrons. The maximum absolute atomic E-state index is 10.8. The minimum atomic E-state index is -0.673. The Kier molecular flexibility index (Phi) is 5.60. The minimum absolute atomic E-state index is 0.0816. The topological polar surface area (TPSA) is 61.6 Å². The third kappa shape index (κ3) is 3.67. The number of nitrogens with two attached hydrogens (primary N) is 1. The summed E-state index contributed by atoms with van der Waals surface area (Å²) in [6, 6.07) is 0. The molecule has 0 unspecified atom stereocenters. The molecule has 4 nitrogen and oxygen atoms in total. The standard InChI is InChI=1S/C12H23NO3/c1-3-5-6-11-9(7-8-15-11)10(4-2)16-12(13)14/h9-11H,3-8H2,1-2H3,(H2,13,14)/t9-,10-,11+/m0/s1. The first-order chi connectivity index (χ1) is 7.69. The zero-order valence-electron chi connectivity index (χ0n) is 10.3. The average Bonchev–Trinajstić information content (AvgIpc) is 2.70. The molecule has 0 aromatic carbocycles. The fraction of sp³-hybridized carbons (Fsp3) is 0.917. The molecule has 1 aliphatic heterocycles. The Morgan fingerprint density at radius 3 is 2.88 bits per heavy atom. The predicted molar refractivity (Wildman–Crippen MR) is 62.1 cm³/mol. The summed E-state index contributed by atoms with van der Waals surface area (Å²) in [7, 11) is 0. The average molecular weight is 229 g/mol. The number of hydrogen-bond donors (Lipinski definition) is 1. The molecule has 1 heterocycles. The fourth-order valence-electron chi connectivity index (χ4n) is 2.42. The number of primary amides is 1. The van der Waals surface area contributed by atoms with E-state index in [1.54, 1.807) is 0 Å². The van der Waals surface area contributed by atoms with E-state index in [0.29, 0.717) is 5.92 Å². The summed E-state index contributed by atoms with van der Waals surface area (Å²) in [6.07, 6.45) is 4.65. The van der Waals surface area contributed by atoms with E-state index in [1.165, 1.54) is 6.42 Å². The number of rotatable bonds is 6. The van der Waals surface area contributed by atoms with E-state index in [-0.39, 0.29) is 12.2 Å². The smallest absolute Gasteiger partial charge is 0.404 e. The molecule has 0 aromatic heterocycles. The van der Waals surface area contributed by atoms with E-state index in [4.69, 9.17) is 15.2 Å². The number of carbonyl (C=O) groups is 1. The van der Waals surface area contributed by atoms with Crippen LogP contribution in [0.2, 0.25) is 0 Å². The van der Waals surface area contributed by atoms with Gasteiger partial charge in [0.15, 0.2) is 0 Å². The summed E-state index contributed by atoms with van der Waals surface area (Å²) in [5, 5.41) is 0. The van der Waals surface area contributed by atoms with Gasteiger partial charge in [-0.05, 0) is 19.3 Å². The molecule has 4 heteroatoms. The van der Waals surface area contributed by atoms with Crippen molar-refractivity contribution >= 4 is 6.09 Å². The van der Waals surface area contributed by atoms with Gasteiger partial charge in [-0.1, -0.05) is 26.7 Å². The van der Waals surface area contributed by atoms with Crippen LogP contribution in [0.25, 0.3) is 0 Å². The first-order valence-corrected chi connectivity index (χ1v) is 6.26. The molecule has 16 heavy (non-hydrogen) atoms. The zero-order valence-corrected chi connectivity index (χ0v) is 10.3. The Balaban J connectivity index is 2.50. The maximum atomic E-state index is 10.8. The Hall–Kier alpha value is -0.770. The van der Waals surface area contributed by atoms with Crippen LogP contribution in [0.5, 0.6) is 0 Å². The van der Waals surface area contributed by atoms with Crippen LogP contribution in [0.15, 0.2) is 0 Å². The highest BCUT2D eigenvalue weighted by Gasteiger charge is 2.35. The first-order valence-electron chi connectivity index (χ1n) is 6.26. The fourth-order valence-corrected chi connectivity index (χ4v) is 2.42. The van der Waals surface area contributed by atoms with Crippen LogP contribution in [0.1, 0.15) is 46.0 Å². The van der Waals surface area contributed by atoms with E-state index >= 15 is 0 Å².